The van der Waals surface area contributed by atoms with E-state index in [9.17, 15) is 4.79 Å². The number of aromatic amines is 2. The van der Waals surface area contributed by atoms with Crippen LogP contribution >= 0.6 is 0 Å². The van der Waals surface area contributed by atoms with Gasteiger partial charge in [0, 0.05) is 54.1 Å². The summed E-state index contributed by atoms with van der Waals surface area (Å²) >= 11 is 0. The van der Waals surface area contributed by atoms with Crippen LogP contribution in [0.5, 0.6) is 0 Å². The number of amides is 1. The standard InChI is InChI=1S/C28H31N5O2/c1-18-3-7-24-22(15-29-26(24)13-18)11-12-33(17-23-16-30-31-19(23)2)27-9-6-21-14-20(4-8-25(21)27)5-10-28(34)32-35/h3-5,7-8,10,13-16,27,29,35H,6,9,11-12,17H2,1-2H3,(H,30,31)(H,32,34)/b10-5+. The Kier molecular flexibility index (Phi) is 6.53. The highest BCUT2D eigenvalue weighted by Crippen LogP contribution is 2.37. The molecule has 0 fully saturated rings. The van der Waals surface area contributed by atoms with Crippen molar-refractivity contribution in [3.63, 3.8) is 0 Å². The Morgan fingerprint density at radius 3 is 2.89 bits per heavy atom. The van der Waals surface area contributed by atoms with E-state index in [1.54, 1.807) is 11.6 Å². The number of carbonyl (C=O) groups is 1. The van der Waals surface area contributed by atoms with Crippen molar-refractivity contribution in [3.8, 4) is 0 Å². The van der Waals surface area contributed by atoms with Gasteiger partial charge in [-0.15, -0.1) is 0 Å². The second-order valence-corrected chi connectivity index (χ2v) is 9.40. The number of nitrogens with one attached hydrogen (secondary N) is 3. The fourth-order valence-electron chi connectivity index (χ4n) is 5.19. The molecule has 4 N–H and O–H groups in total. The second-order valence-electron chi connectivity index (χ2n) is 9.40. The average Bonchev–Trinajstić information content (AvgIpc) is 3.58. The molecule has 1 unspecified atom stereocenters. The summed E-state index contributed by atoms with van der Waals surface area (Å²) in [6.07, 6.45) is 10.2. The van der Waals surface area contributed by atoms with Gasteiger partial charge in [-0.1, -0.05) is 30.3 Å². The predicted molar refractivity (Wildman–Crippen MR) is 137 cm³/mol. The van der Waals surface area contributed by atoms with Crippen LogP contribution in [0.4, 0.5) is 0 Å². The zero-order valence-electron chi connectivity index (χ0n) is 20.1. The van der Waals surface area contributed by atoms with Crippen LogP contribution in [-0.4, -0.2) is 37.7 Å². The predicted octanol–water partition coefficient (Wildman–Crippen LogP) is 4.76. The van der Waals surface area contributed by atoms with E-state index in [0.29, 0.717) is 6.04 Å². The molecule has 0 radical (unpaired) electrons. The summed E-state index contributed by atoms with van der Waals surface area (Å²) in [6, 6.07) is 13.3. The number of hydrogen-bond acceptors (Lipinski definition) is 4. The van der Waals surface area contributed by atoms with Gasteiger partial charge in [-0.25, -0.2) is 5.48 Å². The third kappa shape index (κ3) is 4.92. The van der Waals surface area contributed by atoms with Crippen LogP contribution in [-0.2, 0) is 24.2 Å². The van der Waals surface area contributed by atoms with Gasteiger partial charge in [0.25, 0.3) is 5.91 Å². The van der Waals surface area contributed by atoms with E-state index < -0.39 is 5.91 Å². The Labute approximate surface area is 204 Å². The molecule has 0 saturated heterocycles. The molecule has 2 heterocycles. The second kappa shape index (κ2) is 9.90. The molecule has 2 aromatic heterocycles. The number of H-pyrrole nitrogens is 2. The number of aryl methyl sites for hydroxylation is 3. The maximum Gasteiger partial charge on any atom is 0.267 e. The van der Waals surface area contributed by atoms with Gasteiger partial charge in [0.15, 0.2) is 0 Å². The largest absolute Gasteiger partial charge is 0.361 e. The number of aromatic nitrogens is 3. The molecular formula is C28H31N5O2. The monoisotopic (exact) mass is 469 g/mol. The first-order valence-corrected chi connectivity index (χ1v) is 12.1. The quantitative estimate of drug-likeness (QED) is 0.170. The van der Waals surface area contributed by atoms with Crippen LogP contribution in [0.1, 0.15) is 51.5 Å². The first-order valence-electron chi connectivity index (χ1n) is 12.1. The van der Waals surface area contributed by atoms with Gasteiger partial charge in [-0.05, 0) is 73.1 Å². The first-order chi connectivity index (χ1) is 17.0. The number of fused-ring (bicyclic) bond motifs is 2. The van der Waals surface area contributed by atoms with E-state index in [2.05, 4.69) is 70.5 Å². The van der Waals surface area contributed by atoms with Crippen molar-refractivity contribution in [3.05, 3.63) is 93.9 Å². The fraction of sp³-hybridized carbons (Fsp3) is 0.286. The third-order valence-corrected chi connectivity index (χ3v) is 7.09. The van der Waals surface area contributed by atoms with Crippen LogP contribution in [0.15, 0.2) is 54.9 Å². The van der Waals surface area contributed by atoms with Crippen molar-refractivity contribution in [1.82, 2.24) is 25.6 Å². The molecular weight excluding hydrogens is 438 g/mol. The minimum Gasteiger partial charge on any atom is -0.361 e. The summed E-state index contributed by atoms with van der Waals surface area (Å²) < 4.78 is 0. The van der Waals surface area contributed by atoms with Crippen molar-refractivity contribution < 1.29 is 10.0 Å². The Hall–Kier alpha value is -3.68. The SMILES string of the molecule is Cc1ccc2c(CCN(Cc3c[nH]nc3C)C3CCc4cc(/C=C/C(=O)NO)ccc43)c[nH]c2c1. The molecule has 180 valence electrons. The minimum absolute atomic E-state index is 0.325. The highest BCUT2D eigenvalue weighted by molar-refractivity contribution is 5.90. The lowest BCUT2D eigenvalue weighted by Crippen LogP contribution is -2.29. The molecule has 0 bridgehead atoms. The molecule has 35 heavy (non-hydrogen) atoms. The first kappa shape index (κ1) is 23.1. The smallest absolute Gasteiger partial charge is 0.267 e. The number of nitrogens with zero attached hydrogens (tertiary/aromatic N) is 2. The molecule has 4 aromatic rings. The maximum absolute atomic E-state index is 11.3. The summed E-state index contributed by atoms with van der Waals surface area (Å²) in [5, 5.41) is 17.4. The number of rotatable bonds is 8. The molecule has 1 aliphatic rings. The summed E-state index contributed by atoms with van der Waals surface area (Å²) in [5.41, 5.74) is 11.3. The normalized spacial score (nSPS) is 15.4. The van der Waals surface area contributed by atoms with Gasteiger partial charge in [-0.2, -0.15) is 5.10 Å². The summed E-state index contributed by atoms with van der Waals surface area (Å²) in [4.78, 5) is 17.4. The zero-order valence-corrected chi connectivity index (χ0v) is 20.1. The van der Waals surface area contributed by atoms with E-state index in [4.69, 9.17) is 5.21 Å². The highest BCUT2D eigenvalue weighted by atomic mass is 16.5. The van der Waals surface area contributed by atoms with Crippen LogP contribution < -0.4 is 5.48 Å². The Balaban J connectivity index is 1.39. The molecule has 7 nitrogen and oxygen atoms in total. The lowest BCUT2D eigenvalue weighted by molar-refractivity contribution is -0.124. The van der Waals surface area contributed by atoms with Crippen molar-refractivity contribution in [2.75, 3.05) is 6.54 Å². The molecule has 1 aliphatic carbocycles. The lowest BCUT2D eigenvalue weighted by Gasteiger charge is -2.29. The van der Waals surface area contributed by atoms with Crippen molar-refractivity contribution in [1.29, 1.82) is 0 Å². The third-order valence-electron chi connectivity index (χ3n) is 7.09. The van der Waals surface area contributed by atoms with Gasteiger partial charge in [0.1, 0.15) is 0 Å². The topological polar surface area (TPSA) is 97.0 Å². The molecule has 0 saturated carbocycles. The zero-order chi connectivity index (χ0) is 24.4. The lowest BCUT2D eigenvalue weighted by atomic mass is 10.0. The van der Waals surface area contributed by atoms with Crippen LogP contribution in [0.2, 0.25) is 0 Å². The van der Waals surface area contributed by atoms with E-state index in [-0.39, 0.29) is 0 Å². The maximum atomic E-state index is 11.3. The van der Waals surface area contributed by atoms with E-state index in [1.165, 1.54) is 44.8 Å². The minimum atomic E-state index is -0.530. The van der Waals surface area contributed by atoms with Gasteiger partial charge in [0.2, 0.25) is 0 Å². The summed E-state index contributed by atoms with van der Waals surface area (Å²) in [7, 11) is 0. The molecule has 5 rings (SSSR count). The Morgan fingerprint density at radius 1 is 1.20 bits per heavy atom. The van der Waals surface area contributed by atoms with Gasteiger partial charge < -0.3 is 4.98 Å². The molecule has 1 amide bonds. The van der Waals surface area contributed by atoms with Gasteiger partial charge in [-0.3, -0.25) is 20.0 Å². The number of carbonyl (C=O) groups excluding carboxylic acids is 1. The van der Waals surface area contributed by atoms with Gasteiger partial charge in [0.05, 0.1) is 5.69 Å². The van der Waals surface area contributed by atoms with Crippen LogP contribution in [0, 0.1) is 13.8 Å². The molecule has 0 spiro atoms. The molecule has 7 heteroatoms. The molecule has 1 atom stereocenters. The highest BCUT2D eigenvalue weighted by Gasteiger charge is 2.28. The van der Waals surface area contributed by atoms with Crippen molar-refractivity contribution in [2.24, 2.45) is 0 Å². The number of benzene rings is 2. The Morgan fingerprint density at radius 2 is 2.09 bits per heavy atom. The van der Waals surface area contributed by atoms with Crippen molar-refractivity contribution >= 4 is 22.9 Å². The number of hydrogen-bond donors (Lipinski definition) is 4. The van der Waals surface area contributed by atoms with Crippen LogP contribution in [0.3, 0.4) is 0 Å². The summed E-state index contributed by atoms with van der Waals surface area (Å²) in [5.74, 6) is -0.530. The average molecular weight is 470 g/mol. The van der Waals surface area contributed by atoms with E-state index in [1.807, 2.05) is 12.3 Å². The fourth-order valence-corrected chi connectivity index (χ4v) is 5.19. The van der Waals surface area contributed by atoms with Crippen LogP contribution in [0.25, 0.3) is 17.0 Å². The van der Waals surface area contributed by atoms with E-state index >= 15 is 0 Å². The van der Waals surface area contributed by atoms with Crippen molar-refractivity contribution in [2.45, 2.75) is 45.7 Å². The Bertz CT molecular complexity index is 1380. The molecule has 0 aliphatic heterocycles. The molecule has 2 aromatic carbocycles. The number of hydroxylamine groups is 1. The summed E-state index contributed by atoms with van der Waals surface area (Å²) in [6.45, 7) is 5.95. The van der Waals surface area contributed by atoms with Gasteiger partial charge >= 0.3 is 0 Å². The van der Waals surface area contributed by atoms with E-state index in [0.717, 1.165) is 43.6 Å².